The second kappa shape index (κ2) is 6.27. The molecule has 1 aliphatic heterocycles. The van der Waals surface area contributed by atoms with Gasteiger partial charge in [-0.2, -0.15) is 0 Å². The van der Waals surface area contributed by atoms with E-state index in [1.807, 2.05) is 0 Å². The molecule has 0 saturated carbocycles. The van der Waals surface area contributed by atoms with Crippen LogP contribution < -0.4 is 4.72 Å². The van der Waals surface area contributed by atoms with E-state index < -0.39 is 10.0 Å². The number of aryl methyl sites for hydroxylation is 1. The highest BCUT2D eigenvalue weighted by atomic mass is 35.5. The highest BCUT2D eigenvalue weighted by Crippen LogP contribution is 2.27. The number of sulfonamides is 1. The van der Waals surface area contributed by atoms with Crippen LogP contribution in [-0.2, 0) is 10.0 Å². The van der Waals surface area contributed by atoms with E-state index in [2.05, 4.69) is 28.5 Å². The first-order chi connectivity index (χ1) is 9.29. The van der Waals surface area contributed by atoms with E-state index in [1.165, 1.54) is 0 Å². The zero-order valence-corrected chi connectivity index (χ0v) is 14.3. The second-order valence-electron chi connectivity index (χ2n) is 5.43. The molecule has 0 bridgehead atoms. The Morgan fingerprint density at radius 3 is 2.75 bits per heavy atom. The molecule has 1 atom stereocenters. The summed E-state index contributed by atoms with van der Waals surface area (Å²) in [5, 5.41) is 0. The molecule has 8 heteroatoms. The van der Waals surface area contributed by atoms with Crippen molar-refractivity contribution in [3.63, 3.8) is 0 Å². The van der Waals surface area contributed by atoms with E-state index in [-0.39, 0.29) is 8.68 Å². The van der Waals surface area contributed by atoms with Crippen LogP contribution >= 0.6 is 22.9 Å². The molecule has 0 radical (unpaired) electrons. The monoisotopic (exact) mass is 337 g/mol. The number of likely N-dealkylation sites (tertiary alicyclic amines) is 1. The van der Waals surface area contributed by atoms with E-state index in [0.29, 0.717) is 24.2 Å². The van der Waals surface area contributed by atoms with Gasteiger partial charge in [0.15, 0.2) is 8.68 Å². The van der Waals surface area contributed by atoms with Gasteiger partial charge < -0.3 is 4.90 Å². The molecule has 1 aliphatic rings. The van der Waals surface area contributed by atoms with Crippen LogP contribution in [0.25, 0.3) is 0 Å². The molecule has 114 valence electrons. The van der Waals surface area contributed by atoms with Crippen molar-refractivity contribution in [3.8, 4) is 0 Å². The van der Waals surface area contributed by atoms with E-state index in [9.17, 15) is 8.42 Å². The molecule has 1 fully saturated rings. The molecule has 1 aromatic heterocycles. The molecule has 0 aromatic carbocycles. The Morgan fingerprint density at radius 2 is 2.25 bits per heavy atom. The molecule has 1 unspecified atom stereocenters. The first-order valence-corrected chi connectivity index (χ1v) is 9.34. The molecule has 0 aliphatic carbocycles. The number of thiazole rings is 1. The minimum atomic E-state index is -3.49. The summed E-state index contributed by atoms with van der Waals surface area (Å²) in [6.45, 7) is 8.44. The van der Waals surface area contributed by atoms with Gasteiger partial charge in [-0.1, -0.05) is 22.9 Å². The van der Waals surface area contributed by atoms with Crippen molar-refractivity contribution < 1.29 is 8.42 Å². The third-order valence-electron chi connectivity index (χ3n) is 3.58. The summed E-state index contributed by atoms with van der Waals surface area (Å²) >= 11 is 6.76. The molecule has 5 nitrogen and oxygen atoms in total. The van der Waals surface area contributed by atoms with Crippen LogP contribution in [0.1, 0.15) is 26.0 Å². The zero-order valence-electron chi connectivity index (χ0n) is 11.9. The largest absolute Gasteiger partial charge is 0.301 e. The van der Waals surface area contributed by atoms with Crippen molar-refractivity contribution in [1.29, 1.82) is 0 Å². The highest BCUT2D eigenvalue weighted by Gasteiger charge is 2.27. The summed E-state index contributed by atoms with van der Waals surface area (Å²) in [5.74, 6) is 0.371. The van der Waals surface area contributed by atoms with Gasteiger partial charge in [0.05, 0.1) is 5.69 Å². The first kappa shape index (κ1) is 16.2. The molecule has 2 heterocycles. The van der Waals surface area contributed by atoms with E-state index >= 15 is 0 Å². The topological polar surface area (TPSA) is 62.3 Å². The summed E-state index contributed by atoms with van der Waals surface area (Å²) in [4.78, 5) is 6.32. The quantitative estimate of drug-likeness (QED) is 0.894. The van der Waals surface area contributed by atoms with Gasteiger partial charge in [0.25, 0.3) is 10.0 Å². The summed E-state index contributed by atoms with van der Waals surface area (Å²) in [6.07, 6.45) is 1.03. The van der Waals surface area contributed by atoms with Gasteiger partial charge in [0.1, 0.15) is 0 Å². The Labute approximate surface area is 129 Å². The summed E-state index contributed by atoms with van der Waals surface area (Å²) in [5.41, 5.74) is 0.461. The van der Waals surface area contributed by atoms with Gasteiger partial charge in [-0.25, -0.2) is 18.1 Å². The van der Waals surface area contributed by atoms with E-state index in [1.54, 1.807) is 6.92 Å². The number of hydrogen-bond donors (Lipinski definition) is 1. The van der Waals surface area contributed by atoms with Crippen LogP contribution in [0.3, 0.4) is 0 Å². The Bertz CT molecular complexity index is 571. The van der Waals surface area contributed by atoms with Crippen molar-refractivity contribution >= 4 is 33.0 Å². The van der Waals surface area contributed by atoms with E-state index in [0.717, 1.165) is 30.8 Å². The Kier molecular flexibility index (Phi) is 5.07. The summed E-state index contributed by atoms with van der Waals surface area (Å²) in [7, 11) is -3.49. The van der Waals surface area contributed by atoms with Gasteiger partial charge in [-0.15, -0.1) is 0 Å². The van der Waals surface area contributed by atoms with Gasteiger partial charge in [-0.05, 0) is 39.7 Å². The fraction of sp³-hybridized carbons (Fsp3) is 0.750. The molecule has 0 amide bonds. The maximum absolute atomic E-state index is 12.2. The minimum Gasteiger partial charge on any atom is -0.301 e. The molecule has 0 spiro atoms. The van der Waals surface area contributed by atoms with Crippen molar-refractivity contribution in [2.45, 2.75) is 37.4 Å². The van der Waals surface area contributed by atoms with Crippen LogP contribution in [-0.4, -0.2) is 44.0 Å². The van der Waals surface area contributed by atoms with E-state index in [4.69, 9.17) is 11.6 Å². The third kappa shape index (κ3) is 3.71. The average Bonchev–Trinajstić information content (AvgIpc) is 2.93. The summed E-state index contributed by atoms with van der Waals surface area (Å²) in [6, 6.07) is 0.513. The van der Waals surface area contributed by atoms with Crippen molar-refractivity contribution in [3.05, 3.63) is 10.2 Å². The average molecular weight is 338 g/mol. The fourth-order valence-corrected chi connectivity index (χ4v) is 5.29. The zero-order chi connectivity index (χ0) is 14.9. The lowest BCUT2D eigenvalue weighted by molar-refractivity contribution is 0.265. The molecule has 20 heavy (non-hydrogen) atoms. The van der Waals surface area contributed by atoms with Crippen molar-refractivity contribution in [1.82, 2.24) is 14.6 Å². The number of aromatic nitrogens is 1. The molecule has 1 saturated heterocycles. The number of nitrogens with zero attached hydrogens (tertiary/aromatic N) is 2. The standard InChI is InChI=1S/C12H20ClN3O2S2/c1-8(2)16-5-4-10(7-16)6-14-20(17,18)11-9(3)15-12(13)19-11/h8,10,14H,4-7H2,1-3H3. The predicted octanol–water partition coefficient (Wildman–Crippen LogP) is 2.11. The number of hydrogen-bond acceptors (Lipinski definition) is 5. The lowest BCUT2D eigenvalue weighted by Gasteiger charge is -2.20. The van der Waals surface area contributed by atoms with Gasteiger partial charge in [0, 0.05) is 19.1 Å². The predicted molar refractivity (Wildman–Crippen MR) is 81.9 cm³/mol. The van der Waals surface area contributed by atoms with Crippen LogP contribution in [0.5, 0.6) is 0 Å². The first-order valence-electron chi connectivity index (χ1n) is 6.66. The van der Waals surface area contributed by atoms with Crippen LogP contribution in [0, 0.1) is 12.8 Å². The molecule has 1 aromatic rings. The highest BCUT2D eigenvalue weighted by molar-refractivity contribution is 7.91. The number of rotatable bonds is 5. The molecular weight excluding hydrogens is 318 g/mol. The molecular formula is C12H20ClN3O2S2. The van der Waals surface area contributed by atoms with Crippen molar-refractivity contribution in [2.24, 2.45) is 5.92 Å². The number of nitrogens with one attached hydrogen (secondary N) is 1. The van der Waals surface area contributed by atoms with Gasteiger partial charge in [0.2, 0.25) is 0 Å². The Hall–Kier alpha value is -0.210. The van der Waals surface area contributed by atoms with Crippen LogP contribution in [0.4, 0.5) is 0 Å². The number of halogens is 1. The minimum absolute atomic E-state index is 0.223. The molecule has 1 N–H and O–H groups in total. The lowest BCUT2D eigenvalue weighted by atomic mass is 10.1. The Balaban J connectivity index is 1.95. The van der Waals surface area contributed by atoms with Crippen LogP contribution in [0.15, 0.2) is 4.21 Å². The summed E-state index contributed by atoms with van der Waals surface area (Å²) < 4.78 is 27.6. The third-order valence-corrected chi connectivity index (χ3v) is 6.88. The second-order valence-corrected chi connectivity index (χ2v) is 8.98. The Morgan fingerprint density at radius 1 is 1.55 bits per heavy atom. The molecule has 2 rings (SSSR count). The van der Waals surface area contributed by atoms with Crippen LogP contribution in [0.2, 0.25) is 4.47 Å². The maximum atomic E-state index is 12.2. The fourth-order valence-electron chi connectivity index (χ4n) is 2.39. The van der Waals surface area contributed by atoms with Gasteiger partial charge in [-0.3, -0.25) is 0 Å². The SMILES string of the molecule is Cc1nc(Cl)sc1S(=O)(=O)NCC1CCN(C(C)C)C1. The smallest absolute Gasteiger partial charge is 0.251 e. The van der Waals surface area contributed by atoms with Crippen molar-refractivity contribution in [2.75, 3.05) is 19.6 Å². The maximum Gasteiger partial charge on any atom is 0.251 e. The van der Waals surface area contributed by atoms with Gasteiger partial charge >= 0.3 is 0 Å². The normalized spacial score (nSPS) is 20.9. The lowest BCUT2D eigenvalue weighted by Crippen LogP contribution is -2.33.